The molecular weight excluding hydrogens is 180 g/mol. The molecule has 0 bridgehead atoms. The Bertz CT molecular complexity index is 348. The molecule has 4 heteroatoms. The summed E-state index contributed by atoms with van der Waals surface area (Å²) in [5, 5.41) is 11.8. The number of nitrogen functional groups attached to an aromatic ring is 1. The number of hydrogen-bond acceptors (Lipinski definition) is 3. The molecule has 1 aromatic carbocycles. The summed E-state index contributed by atoms with van der Waals surface area (Å²) in [4.78, 5) is 10.7. The predicted octanol–water partition coefficient (Wildman–Crippen LogP) is 1.79. The van der Waals surface area contributed by atoms with Crippen molar-refractivity contribution in [3.05, 3.63) is 23.8 Å². The van der Waals surface area contributed by atoms with E-state index in [1.54, 1.807) is 6.07 Å². The molecule has 4 nitrogen and oxygen atoms in total. The number of benzene rings is 1. The van der Waals surface area contributed by atoms with Gasteiger partial charge in [-0.15, -0.1) is 0 Å². The minimum absolute atomic E-state index is 0.223. The highest BCUT2D eigenvalue weighted by Gasteiger charge is 2.06. The molecular formula is C10H14N2O2. The molecule has 1 rings (SSSR count). The number of carbonyl (C=O) groups is 1. The fourth-order valence-corrected chi connectivity index (χ4v) is 1.13. The van der Waals surface area contributed by atoms with Crippen LogP contribution in [0.4, 0.5) is 11.4 Å². The van der Waals surface area contributed by atoms with Crippen molar-refractivity contribution >= 4 is 17.3 Å². The summed E-state index contributed by atoms with van der Waals surface area (Å²) in [6.45, 7) is 3.93. The van der Waals surface area contributed by atoms with Crippen molar-refractivity contribution in [2.75, 3.05) is 11.1 Å². The van der Waals surface area contributed by atoms with Crippen LogP contribution in [0.5, 0.6) is 0 Å². The molecule has 0 fully saturated rings. The third-order valence-electron chi connectivity index (χ3n) is 1.74. The van der Waals surface area contributed by atoms with Crippen LogP contribution in [0.25, 0.3) is 0 Å². The van der Waals surface area contributed by atoms with Crippen LogP contribution in [0.1, 0.15) is 24.2 Å². The Kier molecular flexibility index (Phi) is 2.96. The van der Waals surface area contributed by atoms with Crippen molar-refractivity contribution < 1.29 is 9.90 Å². The molecule has 0 aliphatic carbocycles. The van der Waals surface area contributed by atoms with Gasteiger partial charge in [0.25, 0.3) is 0 Å². The zero-order valence-corrected chi connectivity index (χ0v) is 8.24. The Hall–Kier alpha value is -1.71. The predicted molar refractivity (Wildman–Crippen MR) is 56.6 cm³/mol. The highest BCUT2D eigenvalue weighted by atomic mass is 16.4. The molecule has 1 aromatic rings. The molecule has 0 aliphatic heterocycles. The molecule has 0 aromatic heterocycles. The molecule has 0 atom stereocenters. The van der Waals surface area contributed by atoms with E-state index < -0.39 is 5.97 Å². The Balaban J connectivity index is 3.02. The fraction of sp³-hybridized carbons (Fsp3) is 0.300. The second-order valence-corrected chi connectivity index (χ2v) is 3.41. The molecule has 0 saturated carbocycles. The smallest absolute Gasteiger partial charge is 0.335 e. The Morgan fingerprint density at radius 3 is 2.64 bits per heavy atom. The molecule has 0 spiro atoms. The van der Waals surface area contributed by atoms with E-state index in [1.165, 1.54) is 12.1 Å². The van der Waals surface area contributed by atoms with Crippen LogP contribution >= 0.6 is 0 Å². The SMILES string of the molecule is CC(C)Nc1cc(C(=O)O)ccc1N. The third-order valence-corrected chi connectivity index (χ3v) is 1.74. The summed E-state index contributed by atoms with van der Waals surface area (Å²) >= 11 is 0. The lowest BCUT2D eigenvalue weighted by molar-refractivity contribution is 0.0697. The number of hydrogen-bond donors (Lipinski definition) is 3. The maximum atomic E-state index is 10.7. The van der Waals surface area contributed by atoms with E-state index in [9.17, 15) is 4.79 Å². The lowest BCUT2D eigenvalue weighted by atomic mass is 10.1. The summed E-state index contributed by atoms with van der Waals surface area (Å²) in [7, 11) is 0. The van der Waals surface area contributed by atoms with E-state index in [0.717, 1.165) is 0 Å². The zero-order chi connectivity index (χ0) is 10.7. The highest BCUT2D eigenvalue weighted by Crippen LogP contribution is 2.20. The number of nitrogens with two attached hydrogens (primary N) is 1. The topological polar surface area (TPSA) is 75.3 Å². The van der Waals surface area contributed by atoms with Gasteiger partial charge in [-0.3, -0.25) is 0 Å². The average Bonchev–Trinajstić information content (AvgIpc) is 2.07. The normalized spacial score (nSPS) is 10.2. The fourth-order valence-electron chi connectivity index (χ4n) is 1.13. The van der Waals surface area contributed by atoms with Crippen molar-refractivity contribution in [2.45, 2.75) is 19.9 Å². The number of nitrogens with one attached hydrogen (secondary N) is 1. The highest BCUT2D eigenvalue weighted by molar-refractivity contribution is 5.90. The zero-order valence-electron chi connectivity index (χ0n) is 8.24. The van der Waals surface area contributed by atoms with Crippen molar-refractivity contribution in [3.8, 4) is 0 Å². The minimum Gasteiger partial charge on any atom is -0.478 e. The quantitative estimate of drug-likeness (QED) is 0.641. The minimum atomic E-state index is -0.947. The molecule has 0 radical (unpaired) electrons. The molecule has 0 amide bonds. The van der Waals surface area contributed by atoms with Gasteiger partial charge in [-0.25, -0.2) is 4.79 Å². The molecule has 0 heterocycles. The first kappa shape index (κ1) is 10.4. The van der Waals surface area contributed by atoms with Gasteiger partial charge in [0.05, 0.1) is 16.9 Å². The van der Waals surface area contributed by atoms with Gasteiger partial charge in [0.15, 0.2) is 0 Å². The number of anilines is 2. The van der Waals surface area contributed by atoms with Crippen LogP contribution < -0.4 is 11.1 Å². The van der Waals surface area contributed by atoms with Crippen LogP contribution in [-0.4, -0.2) is 17.1 Å². The summed E-state index contributed by atoms with van der Waals surface area (Å²) in [5.41, 5.74) is 7.15. The Labute approximate surface area is 82.7 Å². The van der Waals surface area contributed by atoms with Crippen LogP contribution in [0.2, 0.25) is 0 Å². The van der Waals surface area contributed by atoms with Crippen molar-refractivity contribution in [2.24, 2.45) is 0 Å². The van der Waals surface area contributed by atoms with Crippen molar-refractivity contribution in [1.29, 1.82) is 0 Å². The first-order chi connectivity index (χ1) is 6.50. The molecule has 76 valence electrons. The van der Waals surface area contributed by atoms with Gasteiger partial charge in [-0.2, -0.15) is 0 Å². The summed E-state index contributed by atoms with van der Waals surface area (Å²) < 4.78 is 0. The largest absolute Gasteiger partial charge is 0.478 e. The van der Waals surface area contributed by atoms with Gasteiger partial charge >= 0.3 is 5.97 Å². The second kappa shape index (κ2) is 4.00. The molecule has 0 unspecified atom stereocenters. The summed E-state index contributed by atoms with van der Waals surface area (Å²) in [6.07, 6.45) is 0. The van der Waals surface area contributed by atoms with Crippen LogP contribution in [0, 0.1) is 0 Å². The van der Waals surface area contributed by atoms with E-state index >= 15 is 0 Å². The number of carboxylic acid groups (broad SMARTS) is 1. The summed E-state index contributed by atoms with van der Waals surface area (Å²) in [6, 6.07) is 4.84. The molecule has 14 heavy (non-hydrogen) atoms. The third kappa shape index (κ3) is 2.39. The number of rotatable bonds is 3. The average molecular weight is 194 g/mol. The van der Waals surface area contributed by atoms with Crippen molar-refractivity contribution in [1.82, 2.24) is 0 Å². The standard InChI is InChI=1S/C10H14N2O2/c1-6(2)12-9-5-7(10(13)14)3-4-8(9)11/h3-6,12H,11H2,1-2H3,(H,13,14). The number of carboxylic acids is 1. The maximum absolute atomic E-state index is 10.7. The van der Waals surface area contributed by atoms with Gasteiger partial charge < -0.3 is 16.2 Å². The molecule has 0 aliphatic rings. The van der Waals surface area contributed by atoms with Crippen LogP contribution in [0.15, 0.2) is 18.2 Å². The summed E-state index contributed by atoms with van der Waals surface area (Å²) in [5.74, 6) is -0.947. The van der Waals surface area contributed by atoms with Crippen molar-refractivity contribution in [3.63, 3.8) is 0 Å². The first-order valence-electron chi connectivity index (χ1n) is 4.40. The van der Waals surface area contributed by atoms with Gasteiger partial charge in [-0.1, -0.05) is 0 Å². The Morgan fingerprint density at radius 2 is 2.14 bits per heavy atom. The lowest BCUT2D eigenvalue weighted by Crippen LogP contribution is -2.12. The van der Waals surface area contributed by atoms with Crippen LogP contribution in [-0.2, 0) is 0 Å². The van der Waals surface area contributed by atoms with Gasteiger partial charge in [0.2, 0.25) is 0 Å². The van der Waals surface area contributed by atoms with Crippen LogP contribution in [0.3, 0.4) is 0 Å². The van der Waals surface area contributed by atoms with Gasteiger partial charge in [0, 0.05) is 6.04 Å². The van der Waals surface area contributed by atoms with E-state index in [0.29, 0.717) is 11.4 Å². The Morgan fingerprint density at radius 1 is 1.50 bits per heavy atom. The van der Waals surface area contributed by atoms with E-state index in [4.69, 9.17) is 10.8 Å². The maximum Gasteiger partial charge on any atom is 0.335 e. The van der Waals surface area contributed by atoms with Gasteiger partial charge in [0.1, 0.15) is 0 Å². The van der Waals surface area contributed by atoms with Gasteiger partial charge in [-0.05, 0) is 32.0 Å². The molecule has 4 N–H and O–H groups in total. The van der Waals surface area contributed by atoms with E-state index in [1.807, 2.05) is 13.8 Å². The monoisotopic (exact) mass is 194 g/mol. The number of aromatic carboxylic acids is 1. The van der Waals surface area contributed by atoms with E-state index in [2.05, 4.69) is 5.32 Å². The van der Waals surface area contributed by atoms with E-state index in [-0.39, 0.29) is 11.6 Å². The lowest BCUT2D eigenvalue weighted by Gasteiger charge is -2.12. The second-order valence-electron chi connectivity index (χ2n) is 3.41. The first-order valence-corrected chi connectivity index (χ1v) is 4.40. The molecule has 0 saturated heterocycles.